The predicted molar refractivity (Wildman–Crippen MR) is 303 cm³/mol. The summed E-state index contributed by atoms with van der Waals surface area (Å²) >= 11 is 0. The first kappa shape index (κ1) is 44.4. The van der Waals surface area contributed by atoms with Crippen LogP contribution in [0.5, 0.6) is 0 Å². The Labute approximate surface area is 421 Å². The molecule has 0 atom stereocenters. The highest BCUT2D eigenvalue weighted by Crippen LogP contribution is 2.44. The highest BCUT2D eigenvalue weighted by Gasteiger charge is 2.24. The van der Waals surface area contributed by atoms with Gasteiger partial charge in [-0.05, 0) is 176 Å². The number of aromatic nitrogens is 3. The van der Waals surface area contributed by atoms with E-state index in [1.54, 1.807) is 0 Å². The van der Waals surface area contributed by atoms with Gasteiger partial charge in [0.25, 0.3) is 0 Å². The monoisotopic (exact) mass is 926 g/mol. The molecule has 0 aliphatic heterocycles. The van der Waals surface area contributed by atoms with Crippen LogP contribution in [0.4, 0.5) is 0 Å². The maximum atomic E-state index is 11.7. The van der Waals surface area contributed by atoms with Gasteiger partial charge in [0, 0.05) is 39.5 Å². The molecule has 0 N–H and O–H groups in total. The van der Waals surface area contributed by atoms with Crippen LogP contribution in [0.15, 0.2) is 182 Å². The minimum absolute atomic E-state index is 0.571. The third-order valence-corrected chi connectivity index (χ3v) is 15.0. The zero-order valence-corrected chi connectivity index (χ0v) is 42.1. The number of hydrogen-bond donors (Lipinski definition) is 0. The molecular formula is C68H54N4. The standard InChI is InChI=1S/C68H54N4/c1-40-9-17-54(44(5)29-40)49-13-21-58-59-22-14-50(55-18-10-41(2)30-45(55)6)34-65(59)71(64(58)33-49)63-38-62(48-25-27-70-28-26-48)68(37-53(63)39-69)72-66-35-51(56-19-11-42(3)31-46(56)7)15-23-60(66)61-24-16-52(36-67(61)72)57-20-12-43(4)32-47(57)8/h9-38H,1-8H3. The summed E-state index contributed by atoms with van der Waals surface area (Å²) in [5.41, 5.74) is 27.7. The van der Waals surface area contributed by atoms with Crippen LogP contribution >= 0.6 is 0 Å². The van der Waals surface area contributed by atoms with E-state index in [1.165, 1.54) is 66.8 Å². The van der Waals surface area contributed by atoms with Gasteiger partial charge in [-0.1, -0.05) is 144 Å². The average Bonchev–Trinajstić information content (AvgIpc) is 3.87. The molecule has 4 nitrogen and oxygen atoms in total. The Balaban J connectivity index is 1.19. The van der Waals surface area contributed by atoms with Gasteiger partial charge in [0.15, 0.2) is 0 Å². The summed E-state index contributed by atoms with van der Waals surface area (Å²) in [4.78, 5) is 4.51. The van der Waals surface area contributed by atoms with Crippen molar-refractivity contribution in [3.8, 4) is 73.1 Å². The molecule has 3 aromatic heterocycles. The molecule has 0 bridgehead atoms. The maximum absolute atomic E-state index is 11.7. The predicted octanol–water partition coefficient (Wildman–Crippen LogP) is 17.9. The van der Waals surface area contributed by atoms with Crippen LogP contribution in [0.2, 0.25) is 0 Å². The fourth-order valence-electron chi connectivity index (χ4n) is 11.6. The molecule has 12 rings (SSSR count). The number of pyridine rings is 1. The molecule has 72 heavy (non-hydrogen) atoms. The Morgan fingerprint density at radius 3 is 0.972 bits per heavy atom. The molecule has 0 radical (unpaired) electrons. The van der Waals surface area contributed by atoms with Gasteiger partial charge in [-0.15, -0.1) is 0 Å². The Hall–Kier alpha value is -8.78. The third kappa shape index (κ3) is 7.40. The number of fused-ring (bicyclic) bond motifs is 6. The minimum atomic E-state index is 0.571. The summed E-state index contributed by atoms with van der Waals surface area (Å²) in [7, 11) is 0. The fraction of sp³-hybridized carbons (Fsp3) is 0.118. The van der Waals surface area contributed by atoms with E-state index in [1.807, 2.05) is 12.4 Å². The molecule has 0 saturated heterocycles. The summed E-state index contributed by atoms with van der Waals surface area (Å²) in [5, 5.41) is 16.2. The van der Waals surface area contributed by atoms with E-state index in [4.69, 9.17) is 0 Å². The van der Waals surface area contributed by atoms with Crippen LogP contribution in [0.3, 0.4) is 0 Å². The SMILES string of the molecule is Cc1ccc(-c2ccc3c4ccc(-c5ccc(C)cc5C)cc4n(-c4cc(-c5ccncc5)c(-n5c6cc(-c7ccc(C)cc7C)ccc6c6ccc(-c7ccc(C)cc7C)cc65)cc4C#N)c3c2)c(C)c1. The van der Waals surface area contributed by atoms with E-state index in [2.05, 4.69) is 245 Å². The van der Waals surface area contributed by atoms with E-state index in [9.17, 15) is 5.26 Å². The first-order valence-corrected chi connectivity index (χ1v) is 24.9. The number of hydrogen-bond acceptors (Lipinski definition) is 2. The lowest BCUT2D eigenvalue weighted by Gasteiger charge is -2.19. The number of rotatable bonds is 7. The Bertz CT molecular complexity index is 4030. The van der Waals surface area contributed by atoms with Crippen molar-refractivity contribution in [2.75, 3.05) is 0 Å². The van der Waals surface area contributed by atoms with Crippen molar-refractivity contribution < 1.29 is 0 Å². The van der Waals surface area contributed by atoms with E-state index < -0.39 is 0 Å². The summed E-state index contributed by atoms with van der Waals surface area (Å²) in [6.45, 7) is 17.4. The maximum Gasteiger partial charge on any atom is 0.101 e. The van der Waals surface area contributed by atoms with Crippen LogP contribution in [0, 0.1) is 66.7 Å². The van der Waals surface area contributed by atoms with E-state index in [-0.39, 0.29) is 0 Å². The van der Waals surface area contributed by atoms with Gasteiger partial charge >= 0.3 is 0 Å². The molecule has 0 unspecified atom stereocenters. The van der Waals surface area contributed by atoms with Crippen molar-refractivity contribution in [3.63, 3.8) is 0 Å². The fourth-order valence-corrected chi connectivity index (χ4v) is 11.6. The largest absolute Gasteiger partial charge is 0.309 e. The van der Waals surface area contributed by atoms with Crippen molar-refractivity contribution >= 4 is 43.6 Å². The number of nitriles is 1. The molecule has 9 aromatic carbocycles. The average molecular weight is 927 g/mol. The van der Waals surface area contributed by atoms with Crippen LogP contribution in [-0.4, -0.2) is 14.1 Å². The quantitative estimate of drug-likeness (QED) is 0.160. The van der Waals surface area contributed by atoms with Gasteiger partial charge in [-0.2, -0.15) is 5.26 Å². The summed E-state index contributed by atoms with van der Waals surface area (Å²) in [6.07, 6.45) is 3.73. The molecular weight excluding hydrogens is 873 g/mol. The highest BCUT2D eigenvalue weighted by molar-refractivity contribution is 6.13. The Kier molecular flexibility index (Phi) is 10.7. The van der Waals surface area contributed by atoms with Gasteiger partial charge in [-0.3, -0.25) is 4.98 Å². The van der Waals surface area contributed by atoms with Gasteiger partial charge < -0.3 is 9.13 Å². The highest BCUT2D eigenvalue weighted by atomic mass is 15.0. The minimum Gasteiger partial charge on any atom is -0.309 e. The first-order chi connectivity index (χ1) is 34.9. The number of aryl methyl sites for hydroxylation is 8. The van der Waals surface area contributed by atoms with Crippen LogP contribution < -0.4 is 0 Å². The third-order valence-electron chi connectivity index (χ3n) is 15.0. The van der Waals surface area contributed by atoms with E-state index >= 15 is 0 Å². The summed E-state index contributed by atoms with van der Waals surface area (Å²) in [6, 6.07) is 65.5. The van der Waals surface area contributed by atoms with Gasteiger partial charge in [-0.25, -0.2) is 0 Å². The topological polar surface area (TPSA) is 46.5 Å². The molecule has 12 aromatic rings. The Morgan fingerprint density at radius 1 is 0.319 bits per heavy atom. The lowest BCUT2D eigenvalue weighted by atomic mass is 9.96. The molecule has 346 valence electrons. The second-order valence-electron chi connectivity index (χ2n) is 20.1. The molecule has 0 aliphatic rings. The van der Waals surface area contributed by atoms with E-state index in [0.717, 1.165) is 88.4 Å². The zero-order chi connectivity index (χ0) is 49.5. The van der Waals surface area contributed by atoms with Crippen molar-refractivity contribution in [2.45, 2.75) is 55.4 Å². The molecule has 0 amide bonds. The lowest BCUT2D eigenvalue weighted by Crippen LogP contribution is -2.04. The van der Waals surface area contributed by atoms with Crippen molar-refractivity contribution in [2.24, 2.45) is 0 Å². The number of nitrogens with zero attached hydrogens (tertiary/aromatic N) is 4. The number of benzene rings is 9. The first-order valence-electron chi connectivity index (χ1n) is 24.9. The smallest absolute Gasteiger partial charge is 0.101 e. The Morgan fingerprint density at radius 2 is 0.653 bits per heavy atom. The molecule has 0 aliphatic carbocycles. The van der Waals surface area contributed by atoms with E-state index in [0.29, 0.717) is 5.56 Å². The molecule has 3 heterocycles. The van der Waals surface area contributed by atoms with Gasteiger partial charge in [0.2, 0.25) is 0 Å². The van der Waals surface area contributed by atoms with Crippen LogP contribution in [0.25, 0.3) is 111 Å². The van der Waals surface area contributed by atoms with Crippen LogP contribution in [0.1, 0.15) is 50.1 Å². The summed E-state index contributed by atoms with van der Waals surface area (Å²) < 4.78 is 4.76. The normalized spacial score (nSPS) is 11.6. The molecule has 0 fully saturated rings. The second kappa shape index (κ2) is 17.3. The zero-order valence-electron chi connectivity index (χ0n) is 42.1. The molecule has 4 heteroatoms. The second-order valence-corrected chi connectivity index (χ2v) is 20.1. The van der Waals surface area contributed by atoms with Crippen molar-refractivity contribution in [3.05, 3.63) is 232 Å². The van der Waals surface area contributed by atoms with Crippen molar-refractivity contribution in [1.29, 1.82) is 5.26 Å². The van der Waals surface area contributed by atoms with Gasteiger partial charge in [0.1, 0.15) is 6.07 Å². The summed E-state index contributed by atoms with van der Waals surface area (Å²) in [5.74, 6) is 0. The van der Waals surface area contributed by atoms with Gasteiger partial charge in [0.05, 0.1) is 39.0 Å². The molecule has 0 saturated carbocycles. The lowest BCUT2D eigenvalue weighted by molar-refractivity contribution is 1.13. The van der Waals surface area contributed by atoms with Crippen LogP contribution in [-0.2, 0) is 0 Å². The molecule has 0 spiro atoms. The van der Waals surface area contributed by atoms with Crippen molar-refractivity contribution in [1.82, 2.24) is 14.1 Å².